The van der Waals surface area contributed by atoms with Crippen molar-refractivity contribution in [1.82, 2.24) is 0 Å². The highest BCUT2D eigenvalue weighted by Crippen LogP contribution is 2.37. The van der Waals surface area contributed by atoms with Crippen molar-refractivity contribution in [2.75, 3.05) is 28.4 Å². The Balaban J connectivity index is 1.36. The Kier molecular flexibility index (Phi) is 37.6. The van der Waals surface area contributed by atoms with Gasteiger partial charge in [-0.25, -0.2) is 9.59 Å². The van der Waals surface area contributed by atoms with E-state index in [1.165, 1.54) is 12.2 Å². The molecule has 2 fully saturated rings. The second kappa shape index (κ2) is 43.1. The van der Waals surface area contributed by atoms with Gasteiger partial charge in [0.15, 0.2) is 0 Å². The molecule has 0 spiro atoms. The van der Waals surface area contributed by atoms with Gasteiger partial charge in [0.05, 0.1) is 122 Å². The number of allylic oxidation sites excluding steroid dienone is 4. The maximum Gasteiger partial charge on any atom is 0.331 e. The molecular formula is C78H132O20. The monoisotopic (exact) mass is 1390 g/mol. The predicted octanol–water partition coefficient (Wildman–Crippen LogP) is 10.1. The maximum absolute atomic E-state index is 13.9. The van der Waals surface area contributed by atoms with Crippen LogP contribution in [0.2, 0.25) is 0 Å². The summed E-state index contributed by atoms with van der Waals surface area (Å²) in [4.78, 5) is 27.8. The zero-order valence-electron chi connectivity index (χ0n) is 62.3. The highest BCUT2D eigenvalue weighted by molar-refractivity contribution is 5.83. The molecule has 4 bridgehead atoms. The van der Waals surface area contributed by atoms with E-state index in [-0.39, 0.29) is 99.2 Å². The van der Waals surface area contributed by atoms with E-state index in [2.05, 4.69) is 0 Å². The predicted molar refractivity (Wildman–Crippen MR) is 377 cm³/mol. The highest BCUT2D eigenvalue weighted by Gasteiger charge is 2.42. The molecule has 564 valence electrons. The minimum absolute atomic E-state index is 0.0293. The number of carbonyl (C=O) groups excluding carboxylic acids is 2. The Labute approximate surface area is 587 Å². The molecule has 0 radical (unpaired) electrons. The largest absolute Gasteiger partial charge is 0.458 e. The lowest BCUT2D eigenvalue weighted by molar-refractivity contribution is -0.158. The fourth-order valence-electron chi connectivity index (χ4n) is 15.3. The number of aliphatic hydroxyl groups is 8. The van der Waals surface area contributed by atoms with Crippen molar-refractivity contribution in [2.24, 2.45) is 47.3 Å². The number of aliphatic hydroxyl groups excluding tert-OH is 8. The number of methoxy groups -OCH3 is 4. The van der Waals surface area contributed by atoms with Gasteiger partial charge in [-0.05, 0) is 129 Å². The van der Waals surface area contributed by atoms with E-state index >= 15 is 0 Å². The van der Waals surface area contributed by atoms with Gasteiger partial charge in [-0.2, -0.15) is 0 Å². The molecule has 2 unspecified atom stereocenters. The quantitative estimate of drug-likeness (QED) is 0.0527. The lowest BCUT2D eigenvalue weighted by Crippen LogP contribution is -2.45. The Morgan fingerprint density at radius 2 is 0.806 bits per heavy atom. The second-order valence-electron chi connectivity index (χ2n) is 30.3. The van der Waals surface area contributed by atoms with Crippen molar-refractivity contribution < 1.29 is 97.8 Å². The van der Waals surface area contributed by atoms with E-state index in [1.807, 2.05) is 106 Å². The summed E-state index contributed by atoms with van der Waals surface area (Å²) in [7, 11) is 6.58. The van der Waals surface area contributed by atoms with Crippen LogP contribution in [0.1, 0.15) is 199 Å². The van der Waals surface area contributed by atoms with Crippen LogP contribution >= 0.6 is 0 Å². The van der Waals surface area contributed by atoms with Crippen molar-refractivity contribution in [1.29, 1.82) is 0 Å². The number of esters is 2. The molecule has 98 heavy (non-hydrogen) atoms. The van der Waals surface area contributed by atoms with Crippen molar-refractivity contribution >= 4 is 11.9 Å². The first-order chi connectivity index (χ1) is 46.4. The minimum Gasteiger partial charge on any atom is -0.458 e. The summed E-state index contributed by atoms with van der Waals surface area (Å²) in [5, 5.41) is 94.4. The van der Waals surface area contributed by atoms with Gasteiger partial charge in [-0.1, -0.05) is 115 Å². The first-order valence-electron chi connectivity index (χ1n) is 37.1. The summed E-state index contributed by atoms with van der Waals surface area (Å²) < 4.78 is 61.3. The second-order valence-corrected chi connectivity index (χ2v) is 30.3. The summed E-state index contributed by atoms with van der Waals surface area (Å²) in [5.41, 5.74) is 1.39. The van der Waals surface area contributed by atoms with Crippen molar-refractivity contribution in [3.8, 4) is 0 Å². The van der Waals surface area contributed by atoms with Crippen LogP contribution in [-0.2, 0) is 57.0 Å². The summed E-state index contributed by atoms with van der Waals surface area (Å²) in [6.07, 6.45) is 14.1. The summed E-state index contributed by atoms with van der Waals surface area (Å²) in [6.45, 7) is 22.5. The number of carbonyl (C=O) groups is 2. The molecule has 0 amide bonds. The molecule has 0 aromatic heterocycles. The van der Waals surface area contributed by atoms with Gasteiger partial charge >= 0.3 is 11.9 Å². The average molecular weight is 1390 g/mol. The Morgan fingerprint density at radius 1 is 0.449 bits per heavy atom. The van der Waals surface area contributed by atoms with Gasteiger partial charge < -0.3 is 88.2 Å². The lowest BCUT2D eigenvalue weighted by Gasteiger charge is -2.38. The fourth-order valence-corrected chi connectivity index (χ4v) is 15.3. The van der Waals surface area contributed by atoms with Crippen LogP contribution in [0.25, 0.3) is 0 Å². The van der Waals surface area contributed by atoms with Gasteiger partial charge in [-0.15, -0.1) is 0 Å². The van der Waals surface area contributed by atoms with Crippen LogP contribution in [-0.4, -0.2) is 216 Å². The van der Waals surface area contributed by atoms with E-state index in [0.717, 1.165) is 25.7 Å². The molecule has 5 aliphatic rings. The number of fused-ring (bicyclic) bond motifs is 4. The molecule has 30 atom stereocenters. The Hall–Kier alpha value is -3.26. The maximum atomic E-state index is 13.9. The Morgan fingerprint density at radius 3 is 1.15 bits per heavy atom. The van der Waals surface area contributed by atoms with E-state index in [9.17, 15) is 50.4 Å². The van der Waals surface area contributed by atoms with Crippen LogP contribution in [0.15, 0.2) is 71.9 Å². The molecule has 5 rings (SSSR count). The average Bonchev–Trinajstić information content (AvgIpc) is 0.853. The highest BCUT2D eigenvalue weighted by atomic mass is 16.6. The number of ether oxygens (including phenoxy) is 10. The molecule has 8 N–H and O–H groups in total. The van der Waals surface area contributed by atoms with E-state index < -0.39 is 133 Å². The molecule has 0 aromatic rings. The van der Waals surface area contributed by atoms with Crippen LogP contribution in [0.4, 0.5) is 0 Å². The molecule has 20 heteroatoms. The molecule has 5 heterocycles. The van der Waals surface area contributed by atoms with Gasteiger partial charge in [0, 0.05) is 102 Å². The molecule has 20 nitrogen and oxygen atoms in total. The van der Waals surface area contributed by atoms with Crippen molar-refractivity contribution in [3.05, 3.63) is 71.9 Å². The molecule has 0 aliphatic carbocycles. The summed E-state index contributed by atoms with van der Waals surface area (Å²) in [6, 6.07) is 0. The smallest absolute Gasteiger partial charge is 0.331 e. The topological polar surface area (TPSA) is 288 Å². The van der Waals surface area contributed by atoms with E-state index in [0.29, 0.717) is 62.5 Å². The van der Waals surface area contributed by atoms with Crippen LogP contribution in [0, 0.1) is 47.3 Å². The molecule has 0 aromatic carbocycles. The zero-order chi connectivity index (χ0) is 72.5. The first-order valence-corrected chi connectivity index (χ1v) is 37.1. The first kappa shape index (κ1) is 85.4. The third-order valence-electron chi connectivity index (χ3n) is 22.3. The van der Waals surface area contributed by atoms with E-state index in [1.54, 1.807) is 54.4 Å². The van der Waals surface area contributed by atoms with Crippen LogP contribution in [0.5, 0.6) is 0 Å². The minimum atomic E-state index is -1.16. The number of hydrogen-bond donors (Lipinski definition) is 8. The molecular weight excluding hydrogens is 1260 g/mol. The van der Waals surface area contributed by atoms with Gasteiger partial charge in [0.1, 0.15) is 12.2 Å². The summed E-state index contributed by atoms with van der Waals surface area (Å²) >= 11 is 0. The standard InChI is InChI=1S/C78H132O20/c1-45-23-29-57(79)37-59-19-17-21-61(95-59)41-71(91-15)52(8)68(82)44-70(84)54(10)78(56(12)76(88)48(4)28-32-64-40-66(90-14)36-50(6)94-64)98-74(86)34-26-46(2)24-30-58(80)38-60-20-18-22-62(96-60)42-72(92-16)51(7)67(81)43-69(83)53(9)77(97-73(85)33-25-45)55(11)75(87)47(3)27-31-63-39-65(89-13)35-49(5)93-63/h17-20,23-26,33-34,47-72,75-84,87-88H,21-22,27-32,35-44H2,1-16H3/b33-25-,34-26+,45-23+,46-24+/t47-,48-,49-,50-,51+,52+,53-,54-,55-,56-,57-,58-,59+,60-,61-,62-,63-,64?,65+,66+,67-,68-,69+,70+,71+,72+,75-,76-,77?,78-/m0/s1. The normalized spacial score (nSPS) is 41.1. The molecule has 5 aliphatic heterocycles. The third-order valence-corrected chi connectivity index (χ3v) is 22.3. The van der Waals surface area contributed by atoms with Gasteiger partial charge in [0.2, 0.25) is 0 Å². The van der Waals surface area contributed by atoms with Crippen LogP contribution < -0.4 is 0 Å². The number of hydrogen-bond acceptors (Lipinski definition) is 20. The fraction of sp³-hybridized carbons (Fsp3) is 0.821. The lowest BCUT2D eigenvalue weighted by atomic mass is 9.78. The number of cyclic esters (lactones) is 2. The van der Waals surface area contributed by atoms with E-state index in [4.69, 9.17) is 47.4 Å². The van der Waals surface area contributed by atoms with Crippen LogP contribution in [0.3, 0.4) is 0 Å². The Bertz CT molecular complexity index is 2320. The summed E-state index contributed by atoms with van der Waals surface area (Å²) in [5.74, 6) is -5.50. The molecule has 2 saturated heterocycles. The third kappa shape index (κ3) is 28.1. The number of rotatable bonds is 16. The SMILES string of the molecule is CO[C@H]1CC(CC[C@H](C)[C@H](O)[C@H](C)[C@H]2OC(=O)/C=C/C(C)=C/C[C@H](O)C[C@@H]3C=CC[C@@H](C[C@@H](OC)[C@H](C)[C@@H](O)C[C@@H](O)[C@H](C)C([C@@H](C)[C@@H](O)[C@@H](C)CC[C@H]4C[C@H](OC)C[C@H](C)O4)OC(=O)/C=C\C(C)=C\C[C@H](O)C[C@H]4C=CC[C@@H](C[C@@H](OC)[C@H](C)[C@@H](O)C[C@@H](O)[C@@H]2C)O4)O3)O[C@@H](C)C1. The van der Waals surface area contributed by atoms with Gasteiger partial charge in [0.25, 0.3) is 0 Å². The van der Waals surface area contributed by atoms with Gasteiger partial charge in [-0.3, -0.25) is 0 Å². The zero-order valence-corrected chi connectivity index (χ0v) is 62.3. The van der Waals surface area contributed by atoms with Crippen molar-refractivity contribution in [2.45, 2.75) is 333 Å². The molecule has 0 saturated carbocycles. The van der Waals surface area contributed by atoms with Crippen molar-refractivity contribution in [3.63, 3.8) is 0 Å².